The zero-order valence-corrected chi connectivity index (χ0v) is 19.0. The predicted octanol–water partition coefficient (Wildman–Crippen LogP) is 4.57. The van der Waals surface area contributed by atoms with Gasteiger partial charge in [-0.05, 0) is 48.7 Å². The molecule has 8 nitrogen and oxygen atoms in total. The van der Waals surface area contributed by atoms with Crippen molar-refractivity contribution in [3.63, 3.8) is 0 Å². The van der Waals surface area contributed by atoms with Gasteiger partial charge in [0.15, 0.2) is 0 Å². The standard InChI is InChI=1S/C25H22F2N4O4/c1-33-19-9-16(10-20(35-25(26)27)23(19)24(32)30-17-4-5-17)18-13-28-21-11-14(7-8-31(18)21)15-3-6-22(34-2)29-12-15/h3,6-13,17,25H,4-5H2,1-2H3,(H,30,32). The molecule has 35 heavy (non-hydrogen) atoms. The molecule has 1 aliphatic carbocycles. The smallest absolute Gasteiger partial charge is 0.387 e. The summed E-state index contributed by atoms with van der Waals surface area (Å²) in [6.07, 6.45) is 6.86. The number of alkyl halides is 2. The number of imidazole rings is 1. The molecule has 0 aliphatic heterocycles. The molecule has 0 unspecified atom stereocenters. The number of hydrogen-bond acceptors (Lipinski definition) is 6. The number of carbonyl (C=O) groups excluding carboxylic acids is 1. The first-order valence-electron chi connectivity index (χ1n) is 10.9. The van der Waals surface area contributed by atoms with E-state index in [0.717, 1.165) is 24.0 Å². The van der Waals surface area contributed by atoms with E-state index in [4.69, 9.17) is 14.2 Å². The molecule has 10 heteroatoms. The van der Waals surface area contributed by atoms with Crippen LogP contribution in [0.25, 0.3) is 28.0 Å². The number of halogens is 2. The second-order valence-electron chi connectivity index (χ2n) is 8.05. The van der Waals surface area contributed by atoms with E-state index in [-0.39, 0.29) is 23.1 Å². The topological polar surface area (TPSA) is 87.0 Å². The van der Waals surface area contributed by atoms with Gasteiger partial charge in [-0.25, -0.2) is 9.97 Å². The Kier molecular flexibility index (Phi) is 5.94. The lowest BCUT2D eigenvalue weighted by Crippen LogP contribution is -2.26. The number of pyridine rings is 2. The zero-order valence-electron chi connectivity index (χ0n) is 19.0. The molecule has 5 rings (SSSR count). The fourth-order valence-electron chi connectivity index (χ4n) is 3.84. The summed E-state index contributed by atoms with van der Waals surface area (Å²) in [7, 11) is 2.93. The van der Waals surface area contributed by atoms with Crippen LogP contribution in [0.2, 0.25) is 0 Å². The number of hydrogen-bond donors (Lipinski definition) is 1. The maximum absolute atomic E-state index is 13.2. The minimum Gasteiger partial charge on any atom is -0.496 e. The Morgan fingerprint density at radius 3 is 2.46 bits per heavy atom. The summed E-state index contributed by atoms with van der Waals surface area (Å²) in [5.74, 6) is -0.124. The summed E-state index contributed by atoms with van der Waals surface area (Å²) in [4.78, 5) is 21.5. The van der Waals surface area contributed by atoms with Crippen molar-refractivity contribution in [3.8, 4) is 39.8 Å². The monoisotopic (exact) mass is 480 g/mol. The Hall–Kier alpha value is -4.21. The minimum absolute atomic E-state index is 0.0418. The highest BCUT2D eigenvalue weighted by molar-refractivity contribution is 6.01. The van der Waals surface area contributed by atoms with E-state index in [0.29, 0.717) is 22.8 Å². The van der Waals surface area contributed by atoms with Gasteiger partial charge in [0.25, 0.3) is 5.91 Å². The number of fused-ring (bicyclic) bond motifs is 1. The fourth-order valence-corrected chi connectivity index (χ4v) is 3.84. The number of benzene rings is 1. The lowest BCUT2D eigenvalue weighted by atomic mass is 10.1. The van der Waals surface area contributed by atoms with Gasteiger partial charge in [-0.3, -0.25) is 9.20 Å². The highest BCUT2D eigenvalue weighted by atomic mass is 19.3. The Morgan fingerprint density at radius 2 is 1.80 bits per heavy atom. The highest BCUT2D eigenvalue weighted by Gasteiger charge is 2.29. The molecule has 0 bridgehead atoms. The molecule has 3 heterocycles. The van der Waals surface area contributed by atoms with Crippen molar-refractivity contribution < 1.29 is 27.8 Å². The van der Waals surface area contributed by atoms with E-state index in [1.165, 1.54) is 13.2 Å². The molecular weight excluding hydrogens is 458 g/mol. The van der Waals surface area contributed by atoms with Crippen LogP contribution in [0.5, 0.6) is 17.4 Å². The number of rotatable bonds is 8. The van der Waals surface area contributed by atoms with E-state index >= 15 is 0 Å². The molecule has 1 aromatic carbocycles. The SMILES string of the molecule is COc1ccc(-c2ccn3c(-c4cc(OC)c(C(=O)NC5CC5)c(OC(F)F)c4)cnc3c2)cn1. The molecule has 4 aromatic rings. The van der Waals surface area contributed by atoms with E-state index < -0.39 is 12.5 Å². The number of nitrogens with zero attached hydrogens (tertiary/aromatic N) is 3. The van der Waals surface area contributed by atoms with Crippen LogP contribution < -0.4 is 19.5 Å². The molecular formula is C25H22F2N4O4. The lowest BCUT2D eigenvalue weighted by molar-refractivity contribution is -0.0502. The molecule has 0 radical (unpaired) electrons. The minimum atomic E-state index is -3.11. The Balaban J connectivity index is 1.55. The van der Waals surface area contributed by atoms with Gasteiger partial charge in [-0.2, -0.15) is 8.78 Å². The van der Waals surface area contributed by atoms with Gasteiger partial charge in [0.05, 0.1) is 26.1 Å². The van der Waals surface area contributed by atoms with Gasteiger partial charge in [-0.15, -0.1) is 0 Å². The number of nitrogens with one attached hydrogen (secondary N) is 1. The number of ether oxygens (including phenoxy) is 3. The maximum Gasteiger partial charge on any atom is 0.387 e. The highest BCUT2D eigenvalue weighted by Crippen LogP contribution is 2.37. The number of aromatic nitrogens is 3. The Morgan fingerprint density at radius 1 is 1.00 bits per heavy atom. The van der Waals surface area contributed by atoms with Crippen LogP contribution in [0, 0.1) is 0 Å². The van der Waals surface area contributed by atoms with E-state index in [1.54, 1.807) is 31.6 Å². The van der Waals surface area contributed by atoms with Gasteiger partial charge in [0.2, 0.25) is 5.88 Å². The van der Waals surface area contributed by atoms with Gasteiger partial charge >= 0.3 is 6.61 Å². The van der Waals surface area contributed by atoms with Crippen LogP contribution in [0.1, 0.15) is 23.2 Å². The van der Waals surface area contributed by atoms with E-state index in [1.807, 2.05) is 28.8 Å². The van der Waals surface area contributed by atoms with Crippen molar-refractivity contribution in [2.24, 2.45) is 0 Å². The molecule has 1 aliphatic rings. The first-order valence-corrected chi connectivity index (χ1v) is 10.9. The summed E-state index contributed by atoms with van der Waals surface area (Å²) >= 11 is 0. The van der Waals surface area contributed by atoms with Gasteiger partial charge in [0.1, 0.15) is 22.7 Å². The molecule has 1 saturated carbocycles. The Bertz CT molecular complexity index is 1380. The molecule has 1 fully saturated rings. The van der Waals surface area contributed by atoms with Gasteiger partial charge in [-0.1, -0.05) is 0 Å². The summed E-state index contributed by atoms with van der Waals surface area (Å²) in [6, 6.07) is 10.5. The second kappa shape index (κ2) is 9.21. The largest absolute Gasteiger partial charge is 0.496 e. The van der Waals surface area contributed by atoms with Crippen LogP contribution in [0.15, 0.2) is 55.0 Å². The molecule has 0 spiro atoms. The van der Waals surface area contributed by atoms with E-state index in [9.17, 15) is 13.6 Å². The van der Waals surface area contributed by atoms with Crippen molar-refractivity contribution in [2.75, 3.05) is 14.2 Å². The quantitative estimate of drug-likeness (QED) is 0.398. The molecule has 0 atom stereocenters. The first-order chi connectivity index (χ1) is 17.0. The van der Waals surface area contributed by atoms with E-state index in [2.05, 4.69) is 15.3 Å². The van der Waals surface area contributed by atoms with Crippen molar-refractivity contribution in [3.05, 3.63) is 60.6 Å². The average Bonchev–Trinajstić information content (AvgIpc) is 3.57. The first kappa shape index (κ1) is 22.6. The lowest BCUT2D eigenvalue weighted by Gasteiger charge is -2.16. The third kappa shape index (κ3) is 4.59. The second-order valence-corrected chi connectivity index (χ2v) is 8.05. The molecule has 3 aromatic heterocycles. The summed E-state index contributed by atoms with van der Waals surface area (Å²) in [5.41, 5.74) is 3.48. The normalized spacial score (nSPS) is 13.2. The number of amides is 1. The average molecular weight is 480 g/mol. The molecule has 180 valence electrons. The van der Waals surface area contributed by atoms with Crippen LogP contribution in [0.4, 0.5) is 8.78 Å². The Labute approximate surface area is 199 Å². The van der Waals surface area contributed by atoms with Crippen LogP contribution in [-0.2, 0) is 0 Å². The van der Waals surface area contributed by atoms with Crippen molar-refractivity contribution >= 4 is 11.6 Å². The predicted molar refractivity (Wildman–Crippen MR) is 124 cm³/mol. The van der Waals surface area contributed by atoms with Crippen LogP contribution >= 0.6 is 0 Å². The number of carbonyl (C=O) groups is 1. The molecule has 0 saturated heterocycles. The molecule has 1 amide bonds. The van der Waals surface area contributed by atoms with Crippen LogP contribution in [0.3, 0.4) is 0 Å². The summed E-state index contributed by atoms with van der Waals surface area (Å²) < 4.78 is 43.5. The fraction of sp³-hybridized carbons (Fsp3) is 0.240. The van der Waals surface area contributed by atoms with Crippen molar-refractivity contribution in [1.82, 2.24) is 19.7 Å². The van der Waals surface area contributed by atoms with Crippen molar-refractivity contribution in [2.45, 2.75) is 25.5 Å². The molecule has 1 N–H and O–H groups in total. The summed E-state index contributed by atoms with van der Waals surface area (Å²) in [5, 5.41) is 2.80. The number of methoxy groups -OCH3 is 2. The maximum atomic E-state index is 13.2. The van der Waals surface area contributed by atoms with Crippen LogP contribution in [-0.4, -0.2) is 47.1 Å². The zero-order chi connectivity index (χ0) is 24.5. The summed E-state index contributed by atoms with van der Waals surface area (Å²) in [6.45, 7) is -3.11. The third-order valence-electron chi connectivity index (χ3n) is 5.73. The van der Waals surface area contributed by atoms with Crippen molar-refractivity contribution in [1.29, 1.82) is 0 Å². The van der Waals surface area contributed by atoms with Gasteiger partial charge < -0.3 is 19.5 Å². The van der Waals surface area contributed by atoms with Gasteiger partial charge in [0, 0.05) is 35.6 Å². The third-order valence-corrected chi connectivity index (χ3v) is 5.73.